The molecule has 1 amide bonds. The Morgan fingerprint density at radius 1 is 0.952 bits per heavy atom. The summed E-state index contributed by atoms with van der Waals surface area (Å²) >= 11 is 0. The van der Waals surface area contributed by atoms with Crippen molar-refractivity contribution in [3.63, 3.8) is 0 Å². The van der Waals surface area contributed by atoms with Gasteiger partial charge in [-0.3, -0.25) is 9.59 Å². The molecule has 0 aliphatic carbocycles. The summed E-state index contributed by atoms with van der Waals surface area (Å²) in [4.78, 5) is 23.1. The highest BCUT2D eigenvalue weighted by Crippen LogP contribution is 2.13. The Balaban J connectivity index is 1.99. The Hall–Kier alpha value is -2.82. The monoisotopic (exact) mass is 284 g/mol. The van der Waals surface area contributed by atoms with Gasteiger partial charge in [0, 0.05) is 16.8 Å². The van der Waals surface area contributed by atoms with Gasteiger partial charge in [-0.05, 0) is 17.7 Å². The second-order valence-corrected chi connectivity index (χ2v) is 4.56. The van der Waals surface area contributed by atoms with Gasteiger partial charge in [0.1, 0.15) is 6.61 Å². The summed E-state index contributed by atoms with van der Waals surface area (Å²) in [6.07, 6.45) is 0.0887. The minimum Gasteiger partial charge on any atom is -0.461 e. The first-order valence-electron chi connectivity index (χ1n) is 6.44. The van der Waals surface area contributed by atoms with Crippen LogP contribution in [0.25, 0.3) is 0 Å². The molecule has 0 radical (unpaired) electrons. The van der Waals surface area contributed by atoms with E-state index in [1.807, 2.05) is 0 Å². The Bertz CT molecular complexity index is 668. The summed E-state index contributed by atoms with van der Waals surface area (Å²) in [6, 6.07) is 13.9. The van der Waals surface area contributed by atoms with Crippen LogP contribution in [0.3, 0.4) is 0 Å². The number of anilines is 1. The van der Waals surface area contributed by atoms with Crippen molar-refractivity contribution in [3.05, 3.63) is 65.2 Å². The lowest BCUT2D eigenvalue weighted by Gasteiger charge is -2.09. The van der Waals surface area contributed by atoms with E-state index in [1.54, 1.807) is 48.5 Å². The summed E-state index contributed by atoms with van der Waals surface area (Å²) in [5, 5.41) is 0. The first-order chi connectivity index (χ1) is 10.1. The molecule has 0 bridgehead atoms. The molecule has 108 valence electrons. The number of para-hydroxylation sites is 1. The van der Waals surface area contributed by atoms with E-state index in [2.05, 4.69) is 0 Å². The molecule has 0 spiro atoms. The maximum Gasteiger partial charge on any atom is 0.310 e. The number of carbonyl (C=O) groups is 2. The highest BCUT2D eigenvalue weighted by atomic mass is 16.5. The van der Waals surface area contributed by atoms with Crippen molar-refractivity contribution in [2.45, 2.75) is 13.0 Å². The van der Waals surface area contributed by atoms with Gasteiger partial charge in [0.15, 0.2) is 0 Å². The Labute approximate surface area is 122 Å². The Morgan fingerprint density at radius 3 is 2.24 bits per heavy atom. The third-order valence-corrected chi connectivity index (χ3v) is 3.06. The molecule has 2 rings (SSSR count). The van der Waals surface area contributed by atoms with Crippen LogP contribution in [-0.4, -0.2) is 11.9 Å². The van der Waals surface area contributed by atoms with Gasteiger partial charge in [-0.2, -0.15) is 0 Å². The van der Waals surface area contributed by atoms with E-state index in [9.17, 15) is 9.59 Å². The quantitative estimate of drug-likeness (QED) is 0.644. The van der Waals surface area contributed by atoms with Gasteiger partial charge in [0.05, 0.1) is 6.42 Å². The number of hydrogen-bond donors (Lipinski definition) is 2. The van der Waals surface area contributed by atoms with Crippen molar-refractivity contribution in [3.8, 4) is 0 Å². The van der Waals surface area contributed by atoms with Crippen molar-refractivity contribution < 1.29 is 14.3 Å². The van der Waals surface area contributed by atoms with Crippen LogP contribution in [0.15, 0.2) is 48.5 Å². The van der Waals surface area contributed by atoms with E-state index in [4.69, 9.17) is 16.2 Å². The number of carbonyl (C=O) groups excluding carboxylic acids is 2. The van der Waals surface area contributed by atoms with Gasteiger partial charge >= 0.3 is 5.97 Å². The lowest BCUT2D eigenvalue weighted by atomic mass is 10.1. The van der Waals surface area contributed by atoms with Gasteiger partial charge in [-0.25, -0.2) is 0 Å². The minimum absolute atomic E-state index is 0.00465. The van der Waals surface area contributed by atoms with E-state index < -0.39 is 11.9 Å². The SMILES string of the molecule is NC(=O)c1ccccc1COC(=O)Cc1ccccc1N. The molecule has 4 N–H and O–H groups in total. The fraction of sp³-hybridized carbons (Fsp3) is 0.125. The Morgan fingerprint density at radius 2 is 1.57 bits per heavy atom. The van der Waals surface area contributed by atoms with Crippen LogP contribution < -0.4 is 11.5 Å². The third kappa shape index (κ3) is 3.82. The number of rotatable bonds is 5. The van der Waals surface area contributed by atoms with E-state index in [-0.39, 0.29) is 13.0 Å². The lowest BCUT2D eigenvalue weighted by molar-refractivity contribution is -0.144. The number of nitrogen functional groups attached to an aromatic ring is 1. The van der Waals surface area contributed by atoms with Gasteiger partial charge in [0.25, 0.3) is 0 Å². The van der Waals surface area contributed by atoms with E-state index in [1.165, 1.54) is 0 Å². The Kier molecular flexibility index (Phi) is 4.56. The molecule has 21 heavy (non-hydrogen) atoms. The molecule has 2 aromatic rings. The summed E-state index contributed by atoms with van der Waals surface area (Å²) in [7, 11) is 0. The molecule has 5 heteroatoms. The maximum atomic E-state index is 11.8. The molecule has 0 saturated carbocycles. The lowest BCUT2D eigenvalue weighted by Crippen LogP contribution is -2.15. The fourth-order valence-corrected chi connectivity index (χ4v) is 1.95. The first-order valence-corrected chi connectivity index (χ1v) is 6.44. The normalized spacial score (nSPS) is 10.1. The van der Waals surface area contributed by atoms with E-state index >= 15 is 0 Å². The predicted octanol–water partition coefficient (Wildman–Crippen LogP) is 1.65. The first kappa shape index (κ1) is 14.6. The molecule has 0 heterocycles. The van der Waals surface area contributed by atoms with Crippen LogP contribution in [-0.2, 0) is 22.6 Å². The molecule has 0 aromatic heterocycles. The predicted molar refractivity (Wildman–Crippen MR) is 79.3 cm³/mol. The fourth-order valence-electron chi connectivity index (χ4n) is 1.95. The largest absolute Gasteiger partial charge is 0.461 e. The zero-order valence-electron chi connectivity index (χ0n) is 11.4. The third-order valence-electron chi connectivity index (χ3n) is 3.06. The smallest absolute Gasteiger partial charge is 0.310 e. The second kappa shape index (κ2) is 6.56. The second-order valence-electron chi connectivity index (χ2n) is 4.56. The van der Waals surface area contributed by atoms with Crippen molar-refractivity contribution in [1.29, 1.82) is 0 Å². The standard InChI is InChI=1S/C16H16N2O3/c17-14-8-4-2-5-11(14)9-15(19)21-10-12-6-1-3-7-13(12)16(18)20/h1-8H,9-10,17H2,(H2,18,20). The average molecular weight is 284 g/mol. The van der Waals surface area contributed by atoms with Crippen LogP contribution in [0, 0.1) is 0 Å². The molecular formula is C16H16N2O3. The molecular weight excluding hydrogens is 268 g/mol. The molecule has 0 fully saturated rings. The number of nitrogens with two attached hydrogens (primary N) is 2. The van der Waals surface area contributed by atoms with Crippen LogP contribution >= 0.6 is 0 Å². The number of esters is 1. The summed E-state index contributed by atoms with van der Waals surface area (Å²) in [5.74, 6) is -0.957. The van der Waals surface area contributed by atoms with Crippen molar-refractivity contribution in [2.75, 3.05) is 5.73 Å². The van der Waals surface area contributed by atoms with Gasteiger partial charge in [0.2, 0.25) is 5.91 Å². The number of primary amides is 1. The van der Waals surface area contributed by atoms with Crippen molar-refractivity contribution >= 4 is 17.6 Å². The zero-order valence-corrected chi connectivity index (χ0v) is 11.4. The van der Waals surface area contributed by atoms with Gasteiger partial charge < -0.3 is 16.2 Å². The van der Waals surface area contributed by atoms with Crippen LogP contribution in [0.5, 0.6) is 0 Å². The van der Waals surface area contributed by atoms with Crippen LogP contribution in [0.1, 0.15) is 21.5 Å². The van der Waals surface area contributed by atoms with Gasteiger partial charge in [-0.15, -0.1) is 0 Å². The summed E-state index contributed by atoms with van der Waals surface area (Å²) in [6.45, 7) is 0.00465. The molecule has 0 saturated heterocycles. The van der Waals surface area contributed by atoms with Crippen LogP contribution in [0.2, 0.25) is 0 Å². The number of ether oxygens (including phenoxy) is 1. The van der Waals surface area contributed by atoms with Crippen molar-refractivity contribution in [1.82, 2.24) is 0 Å². The maximum absolute atomic E-state index is 11.8. The molecule has 0 aliphatic heterocycles. The molecule has 2 aromatic carbocycles. The summed E-state index contributed by atoms with van der Waals surface area (Å²) in [5.41, 5.74) is 13.2. The molecule has 5 nitrogen and oxygen atoms in total. The highest BCUT2D eigenvalue weighted by Gasteiger charge is 2.11. The molecule has 0 atom stereocenters. The number of amides is 1. The highest BCUT2D eigenvalue weighted by molar-refractivity contribution is 5.94. The summed E-state index contributed by atoms with van der Waals surface area (Å²) < 4.78 is 5.18. The molecule has 0 unspecified atom stereocenters. The number of hydrogen-bond acceptors (Lipinski definition) is 4. The molecule has 0 aliphatic rings. The van der Waals surface area contributed by atoms with E-state index in [0.717, 1.165) is 0 Å². The zero-order chi connectivity index (χ0) is 15.2. The minimum atomic E-state index is -0.547. The average Bonchev–Trinajstić information content (AvgIpc) is 2.48. The van der Waals surface area contributed by atoms with Crippen LogP contribution in [0.4, 0.5) is 5.69 Å². The van der Waals surface area contributed by atoms with E-state index in [0.29, 0.717) is 22.4 Å². The topological polar surface area (TPSA) is 95.4 Å². The van der Waals surface area contributed by atoms with Gasteiger partial charge in [-0.1, -0.05) is 36.4 Å². The van der Waals surface area contributed by atoms with Crippen molar-refractivity contribution in [2.24, 2.45) is 5.73 Å². The number of benzene rings is 2.